The highest BCUT2D eigenvalue weighted by Gasteiger charge is 2.19. The number of carbonyl (C=O) groups excluding carboxylic acids is 1. The maximum Gasteiger partial charge on any atom is 0.306 e. The van der Waals surface area contributed by atoms with Crippen molar-refractivity contribution < 1.29 is 24.1 Å². The Morgan fingerprint density at radius 3 is 2.54 bits per heavy atom. The van der Waals surface area contributed by atoms with E-state index in [1.54, 1.807) is 11.3 Å². The third kappa shape index (κ3) is 9.76. The molecule has 0 bridgehead atoms. The van der Waals surface area contributed by atoms with Crippen molar-refractivity contribution >= 4 is 27.5 Å². The molecule has 0 aliphatic carbocycles. The molecule has 1 aliphatic heterocycles. The van der Waals surface area contributed by atoms with Gasteiger partial charge in [0.1, 0.15) is 24.2 Å². The first-order valence-electron chi connectivity index (χ1n) is 14.0. The van der Waals surface area contributed by atoms with Crippen LogP contribution in [0.15, 0.2) is 42.5 Å². The van der Waals surface area contributed by atoms with Crippen molar-refractivity contribution in [3.8, 4) is 11.5 Å². The van der Waals surface area contributed by atoms with Crippen molar-refractivity contribution in [2.45, 2.75) is 45.6 Å². The SMILES string of the molecule is CCOC(=O)CCc1ccc(OCCCCN2CCN(CC(O)COc3ccc4sc(C)nc4c3)CC2)cc1. The second kappa shape index (κ2) is 15.2. The van der Waals surface area contributed by atoms with Gasteiger partial charge in [-0.25, -0.2) is 4.98 Å². The van der Waals surface area contributed by atoms with Crippen LogP contribution in [0.5, 0.6) is 11.5 Å². The number of thiazole rings is 1. The van der Waals surface area contributed by atoms with Gasteiger partial charge in [0.2, 0.25) is 0 Å². The minimum absolute atomic E-state index is 0.154. The highest BCUT2D eigenvalue weighted by Crippen LogP contribution is 2.25. The topological polar surface area (TPSA) is 84.4 Å². The maximum absolute atomic E-state index is 11.5. The van der Waals surface area contributed by atoms with Gasteiger partial charge in [0, 0.05) is 45.2 Å². The zero-order valence-electron chi connectivity index (χ0n) is 23.1. The molecule has 2 heterocycles. The molecule has 9 heteroatoms. The number of β-amino-alcohol motifs (C(OH)–C–C–N with tert-alkyl or cyclic N) is 1. The lowest BCUT2D eigenvalue weighted by atomic mass is 10.1. The number of fused-ring (bicyclic) bond motifs is 1. The summed E-state index contributed by atoms with van der Waals surface area (Å²) in [6.07, 6.45) is 2.67. The van der Waals surface area contributed by atoms with Crippen LogP contribution in [0.4, 0.5) is 0 Å². The number of piperazine rings is 1. The van der Waals surface area contributed by atoms with E-state index in [0.717, 1.165) is 77.9 Å². The number of ether oxygens (including phenoxy) is 3. The predicted octanol–water partition coefficient (Wildman–Crippen LogP) is 4.32. The molecule has 1 unspecified atom stereocenters. The van der Waals surface area contributed by atoms with Crippen LogP contribution in [0.1, 0.15) is 36.8 Å². The van der Waals surface area contributed by atoms with Crippen LogP contribution in [0, 0.1) is 6.92 Å². The van der Waals surface area contributed by atoms with Crippen molar-refractivity contribution in [1.82, 2.24) is 14.8 Å². The Balaban J connectivity index is 1.04. The number of aromatic nitrogens is 1. The Hall–Kier alpha value is -2.72. The van der Waals surface area contributed by atoms with E-state index >= 15 is 0 Å². The van der Waals surface area contributed by atoms with Crippen LogP contribution in [-0.4, -0.2) is 91.1 Å². The van der Waals surface area contributed by atoms with E-state index in [0.29, 0.717) is 32.6 Å². The van der Waals surface area contributed by atoms with E-state index in [-0.39, 0.29) is 12.6 Å². The van der Waals surface area contributed by atoms with E-state index in [1.165, 1.54) is 0 Å². The summed E-state index contributed by atoms with van der Waals surface area (Å²) in [5.74, 6) is 1.46. The Morgan fingerprint density at radius 1 is 1.03 bits per heavy atom. The summed E-state index contributed by atoms with van der Waals surface area (Å²) < 4.78 is 17.9. The maximum atomic E-state index is 11.5. The molecule has 8 nitrogen and oxygen atoms in total. The number of aliphatic hydroxyl groups excluding tert-OH is 1. The van der Waals surface area contributed by atoms with Gasteiger partial charge in [-0.05, 0) is 69.5 Å². The highest BCUT2D eigenvalue weighted by atomic mass is 32.1. The van der Waals surface area contributed by atoms with Crippen molar-refractivity contribution in [3.05, 3.63) is 53.0 Å². The summed E-state index contributed by atoms with van der Waals surface area (Å²) in [7, 11) is 0. The second-order valence-electron chi connectivity index (χ2n) is 9.97. The number of aryl methyl sites for hydroxylation is 2. The number of hydrogen-bond donors (Lipinski definition) is 1. The summed E-state index contributed by atoms with van der Waals surface area (Å²) in [4.78, 5) is 20.8. The van der Waals surface area contributed by atoms with Crippen LogP contribution in [0.3, 0.4) is 0 Å². The predicted molar refractivity (Wildman–Crippen MR) is 155 cm³/mol. The molecule has 39 heavy (non-hydrogen) atoms. The summed E-state index contributed by atoms with van der Waals surface area (Å²) in [5.41, 5.74) is 2.06. The monoisotopic (exact) mass is 555 g/mol. The lowest BCUT2D eigenvalue weighted by Gasteiger charge is -2.35. The lowest BCUT2D eigenvalue weighted by molar-refractivity contribution is -0.143. The van der Waals surface area contributed by atoms with Crippen molar-refractivity contribution in [2.24, 2.45) is 0 Å². The Labute approximate surface area is 235 Å². The number of aliphatic hydroxyl groups is 1. The number of nitrogens with zero attached hydrogens (tertiary/aromatic N) is 3. The number of hydrogen-bond acceptors (Lipinski definition) is 9. The fraction of sp³-hybridized carbons (Fsp3) is 0.533. The molecule has 3 aromatic rings. The molecule has 1 aliphatic rings. The summed E-state index contributed by atoms with van der Waals surface area (Å²) in [5, 5.41) is 11.5. The number of unbranched alkanes of at least 4 members (excludes halogenated alkanes) is 1. The summed E-state index contributed by atoms with van der Waals surface area (Å²) in [6.45, 7) is 10.9. The van der Waals surface area contributed by atoms with Gasteiger partial charge in [0.15, 0.2) is 0 Å². The minimum atomic E-state index is -0.520. The van der Waals surface area contributed by atoms with E-state index in [1.807, 2.05) is 56.3 Å². The first-order chi connectivity index (χ1) is 19.0. The summed E-state index contributed by atoms with van der Waals surface area (Å²) in [6, 6.07) is 13.9. The normalized spacial score (nSPS) is 15.4. The fourth-order valence-electron chi connectivity index (χ4n) is 4.71. The highest BCUT2D eigenvalue weighted by molar-refractivity contribution is 7.18. The molecule has 0 saturated carbocycles. The Kier molecular flexibility index (Phi) is 11.4. The fourth-order valence-corrected chi connectivity index (χ4v) is 5.52. The molecule has 4 rings (SSSR count). The van der Waals surface area contributed by atoms with Gasteiger partial charge in [-0.3, -0.25) is 9.69 Å². The van der Waals surface area contributed by atoms with Gasteiger partial charge in [-0.1, -0.05) is 12.1 Å². The molecule has 212 valence electrons. The molecule has 1 fully saturated rings. The van der Waals surface area contributed by atoms with Crippen molar-refractivity contribution in [3.63, 3.8) is 0 Å². The second-order valence-corrected chi connectivity index (χ2v) is 11.2. The van der Waals surface area contributed by atoms with E-state index in [2.05, 4.69) is 14.8 Å². The third-order valence-corrected chi connectivity index (χ3v) is 7.78. The van der Waals surface area contributed by atoms with Crippen LogP contribution in [0.2, 0.25) is 0 Å². The number of esters is 1. The molecule has 1 atom stereocenters. The number of benzene rings is 2. The standard InChI is InChI=1S/C30H41N3O5S/c1-3-36-30(35)13-8-24-6-9-26(10-7-24)37-19-5-4-14-32-15-17-33(18-16-32)21-25(34)22-38-27-11-12-29-28(20-27)31-23(2)39-29/h6-7,9-12,20,25,34H,3-5,8,13-19,21-22H2,1-2H3. The smallest absolute Gasteiger partial charge is 0.306 e. The quantitative estimate of drug-likeness (QED) is 0.219. The lowest BCUT2D eigenvalue weighted by Crippen LogP contribution is -2.49. The van der Waals surface area contributed by atoms with Gasteiger partial charge in [-0.2, -0.15) is 0 Å². The van der Waals surface area contributed by atoms with Gasteiger partial charge >= 0.3 is 5.97 Å². The molecule has 1 aromatic heterocycles. The van der Waals surface area contributed by atoms with E-state index in [9.17, 15) is 9.90 Å². The molecular weight excluding hydrogens is 514 g/mol. The molecule has 1 N–H and O–H groups in total. The number of carbonyl (C=O) groups is 1. The zero-order chi connectivity index (χ0) is 27.5. The molecule has 0 radical (unpaired) electrons. The van der Waals surface area contributed by atoms with Crippen LogP contribution in [0.25, 0.3) is 10.2 Å². The Bertz CT molecular complexity index is 1160. The molecule has 0 amide bonds. The van der Waals surface area contributed by atoms with Crippen LogP contribution in [-0.2, 0) is 16.0 Å². The molecule has 2 aromatic carbocycles. The average molecular weight is 556 g/mol. The first kappa shape index (κ1) is 29.3. The third-order valence-electron chi connectivity index (χ3n) is 6.83. The van der Waals surface area contributed by atoms with Crippen molar-refractivity contribution in [2.75, 3.05) is 59.1 Å². The molecular formula is C30H41N3O5S. The zero-order valence-corrected chi connectivity index (χ0v) is 24.0. The van der Waals surface area contributed by atoms with Crippen LogP contribution >= 0.6 is 11.3 Å². The van der Waals surface area contributed by atoms with Crippen molar-refractivity contribution in [1.29, 1.82) is 0 Å². The number of rotatable bonds is 15. The van der Waals surface area contributed by atoms with Gasteiger partial charge < -0.3 is 24.2 Å². The first-order valence-corrected chi connectivity index (χ1v) is 14.8. The Morgan fingerprint density at radius 2 is 1.77 bits per heavy atom. The van der Waals surface area contributed by atoms with Gasteiger partial charge in [0.25, 0.3) is 0 Å². The largest absolute Gasteiger partial charge is 0.494 e. The van der Waals surface area contributed by atoms with E-state index < -0.39 is 6.10 Å². The molecule has 1 saturated heterocycles. The van der Waals surface area contributed by atoms with Gasteiger partial charge in [-0.15, -0.1) is 11.3 Å². The molecule has 0 spiro atoms. The minimum Gasteiger partial charge on any atom is -0.494 e. The van der Waals surface area contributed by atoms with Gasteiger partial charge in [0.05, 0.1) is 28.4 Å². The average Bonchev–Trinajstić information content (AvgIpc) is 3.31. The van der Waals surface area contributed by atoms with Crippen LogP contribution < -0.4 is 9.47 Å². The van der Waals surface area contributed by atoms with E-state index in [4.69, 9.17) is 14.2 Å². The summed E-state index contributed by atoms with van der Waals surface area (Å²) >= 11 is 1.67.